The maximum Gasteiger partial charge on any atom is 0.103 e. The molecule has 0 fully saturated rings. The first kappa shape index (κ1) is 53.0. The van der Waals surface area contributed by atoms with E-state index in [0.717, 1.165) is 174 Å². The molecule has 0 aliphatic carbocycles. The van der Waals surface area contributed by atoms with Crippen molar-refractivity contribution in [3.63, 3.8) is 0 Å². The summed E-state index contributed by atoms with van der Waals surface area (Å²) in [6.45, 7) is 0. The molecule has 16 aromatic carbocycles. The Balaban J connectivity index is 0.907. The fourth-order valence-electron chi connectivity index (χ4n) is 16.6. The number of rotatable bonds is 5. The summed E-state index contributed by atoms with van der Waals surface area (Å²) in [5.74, 6) is 0. The first-order valence-corrected chi connectivity index (χ1v) is 32.1. The van der Waals surface area contributed by atoms with Crippen molar-refractivity contribution in [2.24, 2.45) is 0 Å². The molecular weight excluding hydrogens is 1170 g/mol. The lowest BCUT2D eigenvalue weighted by atomic mass is 9.91. The average Bonchev–Trinajstić information content (AvgIpc) is 1.52. The quantitative estimate of drug-likeness (QED) is 0.160. The summed E-state index contributed by atoms with van der Waals surface area (Å²) >= 11 is 0. The zero-order valence-electron chi connectivity index (χ0n) is 51.1. The predicted octanol–water partition coefficient (Wildman–Crippen LogP) is 22.1. The van der Waals surface area contributed by atoms with Gasteiger partial charge in [-0.1, -0.05) is 218 Å². The van der Waals surface area contributed by atoms with Gasteiger partial charge in [0.15, 0.2) is 0 Å². The average molecular weight is 1220 g/mol. The van der Waals surface area contributed by atoms with Crippen molar-refractivity contribution in [3.8, 4) is 58.2 Å². The molecule has 8 heteroatoms. The summed E-state index contributed by atoms with van der Waals surface area (Å²) in [4.78, 5) is 0. The SMILES string of the molecule is N#Cc1ccc(-n2c3ccccc3c3ccc4ccccc4c32)c(-n2c3ccccc3c3c(-c4ccc5c(c4)c4ccccc4c4c6ccccc6n(-c6ccc(C#N)c(C#N)c6-n6c7ccccc7c7c8ccccc8c8ccccc8c76)c54)cc4ccccc4c32)c1C#N. The molecule has 0 aliphatic rings. The van der Waals surface area contributed by atoms with Crippen LogP contribution < -0.4 is 0 Å². The van der Waals surface area contributed by atoms with Gasteiger partial charge in [0.2, 0.25) is 0 Å². The molecule has 0 amide bonds. The van der Waals surface area contributed by atoms with Crippen LogP contribution in [-0.4, -0.2) is 18.3 Å². The van der Waals surface area contributed by atoms with Crippen molar-refractivity contribution >= 4 is 152 Å². The Morgan fingerprint density at radius 1 is 0.229 bits per heavy atom. The van der Waals surface area contributed by atoms with Gasteiger partial charge < -0.3 is 18.3 Å². The molecule has 0 atom stereocenters. The molecule has 0 aliphatic heterocycles. The Kier molecular flexibility index (Phi) is 11.0. The lowest BCUT2D eigenvalue weighted by molar-refractivity contribution is 1.09. The molecule has 0 bridgehead atoms. The number of fused-ring (bicyclic) bond motifs is 26. The van der Waals surface area contributed by atoms with E-state index in [4.69, 9.17) is 0 Å². The van der Waals surface area contributed by atoms with Crippen LogP contribution in [0.2, 0.25) is 0 Å². The van der Waals surface area contributed by atoms with Crippen molar-refractivity contribution < 1.29 is 0 Å². The van der Waals surface area contributed by atoms with Gasteiger partial charge in [0, 0.05) is 64.6 Å². The minimum Gasteiger partial charge on any atom is -0.306 e. The number of benzene rings is 16. The summed E-state index contributed by atoms with van der Waals surface area (Å²) in [6, 6.07) is 108. The number of para-hydroxylation sites is 4. The first-order chi connectivity index (χ1) is 47.5. The molecule has 20 rings (SSSR count). The maximum absolute atomic E-state index is 11.7. The van der Waals surface area contributed by atoms with Gasteiger partial charge in [-0.3, -0.25) is 0 Å². The van der Waals surface area contributed by atoms with E-state index in [0.29, 0.717) is 11.4 Å². The molecule has 4 heterocycles. The van der Waals surface area contributed by atoms with E-state index in [1.54, 1.807) is 6.07 Å². The van der Waals surface area contributed by atoms with Gasteiger partial charge in [0.25, 0.3) is 0 Å². The van der Waals surface area contributed by atoms with Crippen LogP contribution >= 0.6 is 0 Å². The molecule has 8 nitrogen and oxygen atoms in total. The lowest BCUT2D eigenvalue weighted by Crippen LogP contribution is -2.08. The van der Waals surface area contributed by atoms with Gasteiger partial charge in [-0.25, -0.2) is 0 Å². The van der Waals surface area contributed by atoms with E-state index in [9.17, 15) is 21.0 Å². The monoisotopic (exact) mass is 1210 g/mol. The normalized spacial score (nSPS) is 11.9. The number of nitrogens with zero attached hydrogens (tertiary/aromatic N) is 8. The minimum atomic E-state index is 0.280. The van der Waals surface area contributed by atoms with E-state index in [1.807, 2.05) is 18.2 Å². The standard InChI is InChI=1S/C88H46N8/c89-47-54-39-43-78(93-74-33-15-11-26-61(74)65-41-37-51-19-1-3-21-56(51)83(65)93)84(72(54)49-91)95-77-36-18-14-32-69(77)82-70(45-52-20-2-4-22-57(52)86(82)95)53-38-42-66-71(46-53)60-25-6-9-28-63(60)80-67-30-12-16-34-75(67)94(87(66)80)79-44-40-55(48-90)73(50-92)85(79)96-76-35-17-13-31-68(76)81-62-27-8-5-23-58(62)59-24-7-10-29-64(59)88(81)96/h1-46H. The highest BCUT2D eigenvalue weighted by atomic mass is 15.1. The summed E-state index contributed by atoms with van der Waals surface area (Å²) in [7, 11) is 0. The van der Waals surface area contributed by atoms with E-state index in [1.165, 1.54) is 0 Å². The fourth-order valence-corrected chi connectivity index (χ4v) is 16.6. The second-order valence-electron chi connectivity index (χ2n) is 25.0. The van der Waals surface area contributed by atoms with Crippen molar-refractivity contribution in [3.05, 3.63) is 301 Å². The molecule has 0 radical (unpaired) electrons. The number of hydrogen-bond acceptors (Lipinski definition) is 4. The first-order valence-electron chi connectivity index (χ1n) is 32.1. The Morgan fingerprint density at radius 2 is 0.594 bits per heavy atom. The fraction of sp³-hybridized carbons (Fsp3) is 0. The summed E-state index contributed by atoms with van der Waals surface area (Å²) in [5, 5.41) is 66.6. The summed E-state index contributed by atoms with van der Waals surface area (Å²) in [5.41, 5.74) is 13.5. The summed E-state index contributed by atoms with van der Waals surface area (Å²) < 4.78 is 9.19. The molecule has 0 spiro atoms. The zero-order chi connectivity index (χ0) is 63.6. The molecule has 20 aromatic rings. The van der Waals surface area contributed by atoms with Gasteiger partial charge in [-0.2, -0.15) is 21.0 Å². The van der Waals surface area contributed by atoms with E-state index < -0.39 is 0 Å². The zero-order valence-corrected chi connectivity index (χ0v) is 51.1. The van der Waals surface area contributed by atoms with Crippen molar-refractivity contribution in [1.29, 1.82) is 21.0 Å². The molecular formula is C88H46N8. The topological polar surface area (TPSA) is 115 Å². The Bertz CT molecular complexity index is 7140. The Hall–Kier alpha value is -13.8. The number of nitriles is 4. The molecule has 0 saturated heterocycles. The van der Waals surface area contributed by atoms with Crippen LogP contribution in [0.15, 0.2) is 279 Å². The van der Waals surface area contributed by atoms with E-state index in [-0.39, 0.29) is 22.3 Å². The van der Waals surface area contributed by atoms with Crippen LogP contribution in [-0.2, 0) is 0 Å². The largest absolute Gasteiger partial charge is 0.306 e. The highest BCUT2D eigenvalue weighted by molar-refractivity contribution is 6.35. The summed E-state index contributed by atoms with van der Waals surface area (Å²) in [6.07, 6.45) is 0. The van der Waals surface area contributed by atoms with E-state index >= 15 is 0 Å². The van der Waals surface area contributed by atoms with Crippen molar-refractivity contribution in [1.82, 2.24) is 18.3 Å². The van der Waals surface area contributed by atoms with Crippen LogP contribution in [0.25, 0.3) is 186 Å². The van der Waals surface area contributed by atoms with Gasteiger partial charge in [0.05, 0.1) is 89.1 Å². The van der Waals surface area contributed by atoms with Crippen LogP contribution in [0, 0.1) is 45.3 Å². The molecule has 96 heavy (non-hydrogen) atoms. The Morgan fingerprint density at radius 3 is 1.15 bits per heavy atom. The number of aromatic nitrogens is 4. The van der Waals surface area contributed by atoms with Crippen LogP contribution in [0.4, 0.5) is 0 Å². The van der Waals surface area contributed by atoms with Crippen LogP contribution in [0.5, 0.6) is 0 Å². The van der Waals surface area contributed by atoms with Crippen LogP contribution in [0.1, 0.15) is 22.3 Å². The van der Waals surface area contributed by atoms with Crippen molar-refractivity contribution in [2.75, 3.05) is 0 Å². The van der Waals surface area contributed by atoms with Gasteiger partial charge >= 0.3 is 0 Å². The minimum absolute atomic E-state index is 0.280. The highest BCUT2D eigenvalue weighted by Gasteiger charge is 2.31. The maximum atomic E-state index is 11.7. The van der Waals surface area contributed by atoms with Crippen molar-refractivity contribution in [2.45, 2.75) is 0 Å². The molecule has 4 aromatic heterocycles. The van der Waals surface area contributed by atoms with Gasteiger partial charge in [0.1, 0.15) is 24.3 Å². The van der Waals surface area contributed by atoms with Gasteiger partial charge in [-0.15, -0.1) is 0 Å². The van der Waals surface area contributed by atoms with E-state index in [2.05, 4.69) is 297 Å². The second-order valence-corrected chi connectivity index (χ2v) is 25.0. The molecule has 0 unspecified atom stereocenters. The smallest absolute Gasteiger partial charge is 0.103 e. The molecule has 438 valence electrons. The third-order valence-electron chi connectivity index (χ3n) is 20.4. The lowest BCUT2D eigenvalue weighted by Gasteiger charge is -2.21. The van der Waals surface area contributed by atoms with Gasteiger partial charge in [-0.05, 0) is 115 Å². The third kappa shape index (κ3) is 6.95. The van der Waals surface area contributed by atoms with Crippen LogP contribution in [0.3, 0.4) is 0 Å². The third-order valence-corrected chi connectivity index (χ3v) is 20.4. The predicted molar refractivity (Wildman–Crippen MR) is 393 cm³/mol. The highest BCUT2D eigenvalue weighted by Crippen LogP contribution is 2.51. The molecule has 0 N–H and O–H groups in total. The second kappa shape index (κ2) is 19.9. The number of hydrogen-bond donors (Lipinski definition) is 0. The Labute approximate surface area is 547 Å². The molecule has 0 saturated carbocycles.